The summed E-state index contributed by atoms with van der Waals surface area (Å²) in [6.45, 7) is 10.5. The van der Waals surface area contributed by atoms with E-state index < -0.39 is 0 Å². The number of rotatable bonds is 6. The maximum atomic E-state index is 5.92. The van der Waals surface area contributed by atoms with Gasteiger partial charge in [-0.2, -0.15) is 0 Å². The average Bonchev–Trinajstić information content (AvgIpc) is 2.02. The van der Waals surface area contributed by atoms with Gasteiger partial charge in [-0.15, -0.1) is 11.6 Å². The van der Waals surface area contributed by atoms with Crippen molar-refractivity contribution in [1.82, 2.24) is 0 Å². The highest BCUT2D eigenvalue weighted by Crippen LogP contribution is 2.30. The normalized spacial score (nSPS) is 14.5. The van der Waals surface area contributed by atoms with Crippen molar-refractivity contribution in [1.29, 1.82) is 0 Å². The summed E-state index contributed by atoms with van der Waals surface area (Å²) in [4.78, 5) is 0. The van der Waals surface area contributed by atoms with E-state index in [2.05, 4.69) is 20.8 Å². The Bertz CT molecular complexity index is 118. The molecule has 80 valence electrons. The molecular formula is C11H23ClO. The third-order valence-electron chi connectivity index (χ3n) is 2.46. The molecule has 0 fully saturated rings. The van der Waals surface area contributed by atoms with E-state index in [-0.39, 0.29) is 0 Å². The molecular weight excluding hydrogens is 184 g/mol. The van der Waals surface area contributed by atoms with Crippen LogP contribution in [0, 0.1) is 11.3 Å². The van der Waals surface area contributed by atoms with Crippen LogP contribution < -0.4 is 0 Å². The first kappa shape index (κ1) is 13.2. The van der Waals surface area contributed by atoms with Crippen LogP contribution in [0.3, 0.4) is 0 Å². The van der Waals surface area contributed by atoms with Crippen molar-refractivity contribution in [2.24, 2.45) is 11.3 Å². The van der Waals surface area contributed by atoms with Gasteiger partial charge in [-0.25, -0.2) is 0 Å². The van der Waals surface area contributed by atoms with Crippen molar-refractivity contribution in [2.75, 3.05) is 19.1 Å². The number of ether oxygens (including phenoxy) is 1. The van der Waals surface area contributed by atoms with Crippen LogP contribution >= 0.6 is 11.6 Å². The van der Waals surface area contributed by atoms with Crippen LogP contribution in [0.4, 0.5) is 0 Å². The van der Waals surface area contributed by atoms with E-state index in [4.69, 9.17) is 16.3 Å². The molecule has 0 spiro atoms. The summed E-state index contributed by atoms with van der Waals surface area (Å²) in [5.74, 6) is 1.37. The number of hydrogen-bond donors (Lipinski definition) is 0. The second-order valence-electron chi connectivity index (χ2n) is 4.56. The molecule has 0 aromatic rings. The second kappa shape index (κ2) is 6.67. The predicted molar refractivity (Wildman–Crippen MR) is 59.4 cm³/mol. The minimum atomic E-state index is 0.327. The van der Waals surface area contributed by atoms with Gasteiger partial charge in [-0.3, -0.25) is 0 Å². The predicted octanol–water partition coefficient (Wildman–Crippen LogP) is 3.70. The molecule has 0 saturated carbocycles. The van der Waals surface area contributed by atoms with Crippen molar-refractivity contribution in [3.8, 4) is 0 Å². The molecule has 0 aliphatic rings. The summed E-state index contributed by atoms with van der Waals surface area (Å²) in [6.07, 6.45) is 2.30. The molecule has 0 N–H and O–H groups in total. The van der Waals surface area contributed by atoms with Crippen molar-refractivity contribution < 1.29 is 4.74 Å². The van der Waals surface area contributed by atoms with E-state index in [0.717, 1.165) is 25.5 Å². The molecule has 0 aliphatic carbocycles. The van der Waals surface area contributed by atoms with Crippen LogP contribution in [0.15, 0.2) is 0 Å². The molecule has 0 aromatic carbocycles. The van der Waals surface area contributed by atoms with Gasteiger partial charge in [0.25, 0.3) is 0 Å². The van der Waals surface area contributed by atoms with Crippen molar-refractivity contribution >= 4 is 11.6 Å². The Morgan fingerprint density at radius 1 is 1.31 bits per heavy atom. The summed E-state index contributed by atoms with van der Waals surface area (Å²) < 4.78 is 5.30. The third kappa shape index (κ3) is 6.34. The molecule has 1 unspecified atom stereocenters. The quantitative estimate of drug-likeness (QED) is 0.476. The first-order valence-corrected chi connectivity index (χ1v) is 5.69. The van der Waals surface area contributed by atoms with Crippen molar-refractivity contribution in [3.05, 3.63) is 0 Å². The molecule has 0 heterocycles. The first-order valence-electron chi connectivity index (χ1n) is 5.16. The highest BCUT2D eigenvalue weighted by atomic mass is 35.5. The SMILES string of the molecule is CCOCCCC(CCl)C(C)(C)C. The molecule has 0 radical (unpaired) electrons. The smallest absolute Gasteiger partial charge is 0.0466 e. The monoisotopic (exact) mass is 206 g/mol. The molecule has 2 heteroatoms. The van der Waals surface area contributed by atoms with Crippen molar-refractivity contribution in [2.45, 2.75) is 40.5 Å². The van der Waals surface area contributed by atoms with Crippen LogP contribution in [0.5, 0.6) is 0 Å². The Morgan fingerprint density at radius 2 is 1.92 bits per heavy atom. The van der Waals surface area contributed by atoms with E-state index in [1.807, 2.05) is 6.92 Å². The number of alkyl halides is 1. The minimum Gasteiger partial charge on any atom is -0.382 e. The molecule has 1 nitrogen and oxygen atoms in total. The topological polar surface area (TPSA) is 9.23 Å². The summed E-state index contributed by atoms with van der Waals surface area (Å²) in [5, 5.41) is 0. The van der Waals surface area contributed by atoms with Gasteiger partial charge in [0.05, 0.1) is 0 Å². The van der Waals surface area contributed by atoms with Crippen LogP contribution in [0.25, 0.3) is 0 Å². The molecule has 0 saturated heterocycles. The minimum absolute atomic E-state index is 0.327. The summed E-state index contributed by atoms with van der Waals surface area (Å²) >= 11 is 5.92. The van der Waals surface area contributed by atoms with E-state index in [1.54, 1.807) is 0 Å². The lowest BCUT2D eigenvalue weighted by Gasteiger charge is -2.28. The van der Waals surface area contributed by atoms with Gasteiger partial charge in [0, 0.05) is 19.1 Å². The molecule has 0 rings (SSSR count). The fourth-order valence-electron chi connectivity index (χ4n) is 1.32. The van der Waals surface area contributed by atoms with Gasteiger partial charge in [-0.1, -0.05) is 20.8 Å². The Labute approximate surface area is 87.8 Å². The van der Waals surface area contributed by atoms with Gasteiger partial charge in [0.2, 0.25) is 0 Å². The molecule has 0 aromatic heterocycles. The van der Waals surface area contributed by atoms with E-state index in [1.165, 1.54) is 6.42 Å². The third-order valence-corrected chi connectivity index (χ3v) is 2.83. The lowest BCUT2D eigenvalue weighted by Crippen LogP contribution is -2.22. The zero-order valence-electron chi connectivity index (χ0n) is 9.40. The van der Waals surface area contributed by atoms with Crippen LogP contribution in [-0.2, 0) is 4.74 Å². The van der Waals surface area contributed by atoms with E-state index in [9.17, 15) is 0 Å². The summed E-state index contributed by atoms with van der Waals surface area (Å²) in [6, 6.07) is 0. The molecule has 0 amide bonds. The highest BCUT2D eigenvalue weighted by molar-refractivity contribution is 6.18. The molecule has 0 aliphatic heterocycles. The van der Waals surface area contributed by atoms with Crippen molar-refractivity contribution in [3.63, 3.8) is 0 Å². The summed E-state index contributed by atoms with van der Waals surface area (Å²) in [7, 11) is 0. The largest absolute Gasteiger partial charge is 0.382 e. The van der Waals surface area contributed by atoms with Crippen LogP contribution in [0.2, 0.25) is 0 Å². The zero-order chi connectivity index (χ0) is 10.3. The maximum Gasteiger partial charge on any atom is 0.0466 e. The Hall–Kier alpha value is 0.250. The van der Waals surface area contributed by atoms with Crippen LogP contribution in [-0.4, -0.2) is 19.1 Å². The second-order valence-corrected chi connectivity index (χ2v) is 4.87. The van der Waals surface area contributed by atoms with Gasteiger partial charge in [0.1, 0.15) is 0 Å². The molecule has 13 heavy (non-hydrogen) atoms. The fraction of sp³-hybridized carbons (Fsp3) is 1.00. The van der Waals surface area contributed by atoms with Gasteiger partial charge < -0.3 is 4.74 Å². The van der Waals surface area contributed by atoms with Gasteiger partial charge in [0.15, 0.2) is 0 Å². The zero-order valence-corrected chi connectivity index (χ0v) is 10.2. The van der Waals surface area contributed by atoms with Gasteiger partial charge >= 0.3 is 0 Å². The Kier molecular flexibility index (Phi) is 6.79. The lowest BCUT2D eigenvalue weighted by molar-refractivity contribution is 0.131. The molecule has 0 bridgehead atoms. The fourth-order valence-corrected chi connectivity index (χ4v) is 1.93. The van der Waals surface area contributed by atoms with E-state index in [0.29, 0.717) is 11.3 Å². The van der Waals surface area contributed by atoms with E-state index >= 15 is 0 Å². The average molecular weight is 207 g/mol. The highest BCUT2D eigenvalue weighted by Gasteiger charge is 2.22. The first-order chi connectivity index (χ1) is 6.02. The Morgan fingerprint density at radius 3 is 2.31 bits per heavy atom. The Balaban J connectivity index is 3.61. The maximum absolute atomic E-state index is 5.92. The van der Waals surface area contributed by atoms with Crippen LogP contribution in [0.1, 0.15) is 40.5 Å². The number of halogens is 1. The number of hydrogen-bond acceptors (Lipinski definition) is 1. The van der Waals surface area contributed by atoms with Gasteiger partial charge in [-0.05, 0) is 31.1 Å². The molecule has 1 atom stereocenters. The standard InChI is InChI=1S/C11H23ClO/c1-5-13-8-6-7-10(9-12)11(2,3)4/h10H,5-9H2,1-4H3. The summed E-state index contributed by atoms with van der Waals surface area (Å²) in [5.41, 5.74) is 0.327. The lowest BCUT2D eigenvalue weighted by atomic mass is 9.79.